The van der Waals surface area contributed by atoms with Gasteiger partial charge in [-0.3, -0.25) is 14.5 Å². The van der Waals surface area contributed by atoms with E-state index in [1.54, 1.807) is 0 Å². The van der Waals surface area contributed by atoms with Crippen molar-refractivity contribution in [3.05, 3.63) is 65.4 Å². The van der Waals surface area contributed by atoms with E-state index in [1.165, 1.54) is 10.5 Å². The molecule has 5 nitrogen and oxygen atoms in total. The second-order valence-electron chi connectivity index (χ2n) is 8.10. The topological polar surface area (TPSA) is 58.6 Å². The molecule has 0 radical (unpaired) electrons. The molecular formula is C25H30N2O3. The number of carbonyl (C=O) groups excluding carboxylic acids is 2. The highest BCUT2D eigenvalue weighted by Crippen LogP contribution is 2.32. The van der Waals surface area contributed by atoms with Gasteiger partial charge in [0.2, 0.25) is 0 Å². The van der Waals surface area contributed by atoms with E-state index in [1.807, 2.05) is 69.3 Å². The van der Waals surface area contributed by atoms with Gasteiger partial charge in [-0.05, 0) is 61.6 Å². The minimum atomic E-state index is -0.302. The van der Waals surface area contributed by atoms with Gasteiger partial charge in [0.1, 0.15) is 11.4 Å². The Kier molecular flexibility index (Phi) is 6.60. The van der Waals surface area contributed by atoms with E-state index in [9.17, 15) is 9.59 Å². The third-order valence-electron chi connectivity index (χ3n) is 5.09. The molecule has 0 saturated heterocycles. The molecular weight excluding hydrogens is 376 g/mol. The van der Waals surface area contributed by atoms with Crippen molar-refractivity contribution in [2.24, 2.45) is 0 Å². The van der Waals surface area contributed by atoms with E-state index < -0.39 is 0 Å². The summed E-state index contributed by atoms with van der Waals surface area (Å²) in [5.74, 6) is 0.591. The van der Waals surface area contributed by atoms with Gasteiger partial charge >= 0.3 is 0 Å². The zero-order chi connectivity index (χ0) is 21.8. The summed E-state index contributed by atoms with van der Waals surface area (Å²) in [5.41, 5.74) is 3.40. The average molecular weight is 407 g/mol. The van der Waals surface area contributed by atoms with Crippen LogP contribution in [0, 0.1) is 0 Å². The summed E-state index contributed by atoms with van der Waals surface area (Å²) in [5, 5.41) is 3.21. The molecule has 5 heteroatoms. The van der Waals surface area contributed by atoms with Crippen molar-refractivity contribution in [2.75, 3.05) is 11.9 Å². The van der Waals surface area contributed by atoms with E-state index >= 15 is 0 Å². The molecule has 1 heterocycles. The van der Waals surface area contributed by atoms with Crippen LogP contribution in [0.2, 0.25) is 0 Å². The number of nitrogens with one attached hydrogen (secondary N) is 1. The fourth-order valence-electron chi connectivity index (χ4n) is 3.43. The highest BCUT2D eigenvalue weighted by Gasteiger charge is 2.40. The number of rotatable bonds is 8. The lowest BCUT2D eigenvalue weighted by Gasteiger charge is -2.19. The summed E-state index contributed by atoms with van der Waals surface area (Å²) in [4.78, 5) is 27.5. The molecule has 2 aromatic rings. The zero-order valence-corrected chi connectivity index (χ0v) is 18.4. The molecule has 1 N–H and O–H groups in total. The number of nitrogens with zero attached hydrogens (tertiary/aromatic N) is 1. The third kappa shape index (κ3) is 4.40. The molecule has 0 aromatic heterocycles. The monoisotopic (exact) mass is 406 g/mol. The summed E-state index contributed by atoms with van der Waals surface area (Å²) >= 11 is 0. The van der Waals surface area contributed by atoms with Gasteiger partial charge in [-0.1, -0.05) is 45.0 Å². The van der Waals surface area contributed by atoms with Crippen LogP contribution in [-0.4, -0.2) is 29.4 Å². The number of hydrogen-bond donors (Lipinski definition) is 1. The molecule has 0 spiro atoms. The molecule has 3 rings (SSSR count). The molecule has 1 aliphatic rings. The maximum Gasteiger partial charge on any atom is 0.278 e. The SMILES string of the molecule is CCCOc1ccc(C2=C(Nc3ccc(C(C)C)cc3)C(=O)N(C(C)C)C2=O)cc1. The molecule has 0 fully saturated rings. The van der Waals surface area contributed by atoms with Crippen molar-refractivity contribution in [1.82, 2.24) is 4.90 Å². The van der Waals surface area contributed by atoms with Crippen molar-refractivity contribution >= 4 is 23.1 Å². The summed E-state index contributed by atoms with van der Waals surface area (Å²) < 4.78 is 5.64. The molecule has 2 aromatic carbocycles. The van der Waals surface area contributed by atoms with Gasteiger partial charge in [0.05, 0.1) is 12.2 Å². The summed E-state index contributed by atoms with van der Waals surface area (Å²) in [6.07, 6.45) is 0.924. The minimum absolute atomic E-state index is 0.227. The van der Waals surface area contributed by atoms with Crippen LogP contribution in [0.3, 0.4) is 0 Å². The van der Waals surface area contributed by atoms with Crippen LogP contribution in [0.4, 0.5) is 5.69 Å². The fraction of sp³-hybridized carbons (Fsp3) is 0.360. The second kappa shape index (κ2) is 9.16. The van der Waals surface area contributed by atoms with E-state index in [-0.39, 0.29) is 17.9 Å². The lowest BCUT2D eigenvalue weighted by atomic mass is 10.0. The molecule has 30 heavy (non-hydrogen) atoms. The highest BCUT2D eigenvalue weighted by atomic mass is 16.5. The summed E-state index contributed by atoms with van der Waals surface area (Å²) in [6.45, 7) is 10.6. The number of imide groups is 1. The second-order valence-corrected chi connectivity index (χ2v) is 8.10. The quantitative estimate of drug-likeness (QED) is 0.612. The van der Waals surface area contributed by atoms with Gasteiger partial charge in [-0.25, -0.2) is 0 Å². The van der Waals surface area contributed by atoms with E-state index in [4.69, 9.17) is 4.74 Å². The third-order valence-corrected chi connectivity index (χ3v) is 5.09. The largest absolute Gasteiger partial charge is 0.494 e. The van der Waals surface area contributed by atoms with E-state index in [2.05, 4.69) is 19.2 Å². The first-order chi connectivity index (χ1) is 14.3. The molecule has 0 saturated carbocycles. The predicted molar refractivity (Wildman–Crippen MR) is 120 cm³/mol. The number of benzene rings is 2. The summed E-state index contributed by atoms with van der Waals surface area (Å²) in [7, 11) is 0. The lowest BCUT2D eigenvalue weighted by molar-refractivity contribution is -0.138. The number of amides is 2. The van der Waals surface area contributed by atoms with Gasteiger partial charge in [0, 0.05) is 11.7 Å². The molecule has 2 amide bonds. The highest BCUT2D eigenvalue weighted by molar-refractivity contribution is 6.36. The Hall–Kier alpha value is -3.08. The maximum atomic E-state index is 13.1. The summed E-state index contributed by atoms with van der Waals surface area (Å²) in [6, 6.07) is 15.1. The normalized spacial score (nSPS) is 14.3. The average Bonchev–Trinajstić information content (AvgIpc) is 2.97. The molecule has 0 aliphatic carbocycles. The van der Waals surface area contributed by atoms with Gasteiger partial charge in [0.25, 0.3) is 11.8 Å². The molecule has 1 aliphatic heterocycles. The van der Waals surface area contributed by atoms with Crippen molar-refractivity contribution < 1.29 is 14.3 Å². The maximum absolute atomic E-state index is 13.1. The standard InChI is InChI=1S/C25H30N2O3/c1-6-15-30-21-13-9-19(10-14-21)22-23(25(29)27(17(4)5)24(22)28)26-20-11-7-18(8-12-20)16(2)3/h7-14,16-17,26H,6,15H2,1-5H3. The van der Waals surface area contributed by atoms with Crippen LogP contribution < -0.4 is 10.1 Å². The number of anilines is 1. The molecule has 0 unspecified atom stereocenters. The number of hydrogen-bond acceptors (Lipinski definition) is 4. The smallest absolute Gasteiger partial charge is 0.278 e. The molecule has 0 atom stereocenters. The Morgan fingerprint density at radius 3 is 2.07 bits per heavy atom. The van der Waals surface area contributed by atoms with E-state index in [0.717, 1.165) is 17.9 Å². The zero-order valence-electron chi connectivity index (χ0n) is 18.4. The van der Waals surface area contributed by atoms with E-state index in [0.29, 0.717) is 29.4 Å². The molecule has 158 valence electrons. The van der Waals surface area contributed by atoms with Crippen LogP contribution >= 0.6 is 0 Å². The fourth-order valence-corrected chi connectivity index (χ4v) is 3.43. The Labute approximate surface area is 178 Å². The Morgan fingerprint density at radius 1 is 0.900 bits per heavy atom. The minimum Gasteiger partial charge on any atom is -0.494 e. The van der Waals surface area contributed by atoms with Crippen LogP contribution in [-0.2, 0) is 9.59 Å². The van der Waals surface area contributed by atoms with Crippen LogP contribution in [0.15, 0.2) is 54.2 Å². The van der Waals surface area contributed by atoms with Crippen molar-refractivity contribution in [3.63, 3.8) is 0 Å². The van der Waals surface area contributed by atoms with Crippen LogP contribution in [0.1, 0.15) is 58.1 Å². The van der Waals surface area contributed by atoms with Crippen molar-refractivity contribution in [3.8, 4) is 5.75 Å². The first-order valence-electron chi connectivity index (χ1n) is 10.6. The van der Waals surface area contributed by atoms with Crippen LogP contribution in [0.25, 0.3) is 5.57 Å². The van der Waals surface area contributed by atoms with Gasteiger partial charge in [-0.15, -0.1) is 0 Å². The first-order valence-corrected chi connectivity index (χ1v) is 10.6. The number of carbonyl (C=O) groups is 2. The van der Waals surface area contributed by atoms with Gasteiger partial charge in [0.15, 0.2) is 0 Å². The Morgan fingerprint density at radius 2 is 1.53 bits per heavy atom. The predicted octanol–water partition coefficient (Wildman–Crippen LogP) is 5.20. The van der Waals surface area contributed by atoms with Gasteiger partial charge < -0.3 is 10.1 Å². The van der Waals surface area contributed by atoms with Crippen molar-refractivity contribution in [1.29, 1.82) is 0 Å². The Bertz CT molecular complexity index is 941. The Balaban J connectivity index is 1.97. The first kappa shape index (κ1) is 21.6. The van der Waals surface area contributed by atoms with Crippen LogP contribution in [0.5, 0.6) is 5.75 Å². The number of ether oxygens (including phenoxy) is 1. The lowest BCUT2D eigenvalue weighted by Crippen LogP contribution is -2.38. The van der Waals surface area contributed by atoms with Gasteiger partial charge in [-0.2, -0.15) is 0 Å². The molecule has 0 bridgehead atoms. The van der Waals surface area contributed by atoms with Crippen molar-refractivity contribution in [2.45, 2.75) is 53.0 Å².